The number of rotatable bonds is 5. The highest BCUT2D eigenvalue weighted by Crippen LogP contribution is 2.33. The molecule has 1 aliphatic heterocycles. The Balaban J connectivity index is 2.02. The van der Waals surface area contributed by atoms with Gasteiger partial charge in [-0.05, 0) is 31.0 Å². The number of fused-ring (bicyclic) bond motifs is 1. The first-order valence-electron chi connectivity index (χ1n) is 7.01. The summed E-state index contributed by atoms with van der Waals surface area (Å²) in [5.74, 6) is 2.27. The topological polar surface area (TPSA) is 47.7 Å². The Morgan fingerprint density at radius 1 is 1.26 bits per heavy atom. The van der Waals surface area contributed by atoms with Crippen LogP contribution in [0.2, 0.25) is 0 Å². The monoisotopic (exact) mass is 264 g/mol. The van der Waals surface area contributed by atoms with Crippen molar-refractivity contribution in [3.8, 4) is 11.5 Å². The second kappa shape index (κ2) is 6.66. The van der Waals surface area contributed by atoms with E-state index in [0.717, 1.165) is 56.3 Å². The van der Waals surface area contributed by atoms with Gasteiger partial charge >= 0.3 is 0 Å². The van der Waals surface area contributed by atoms with Crippen LogP contribution in [0, 0.1) is 5.92 Å². The number of ether oxygens (including phenoxy) is 2. The van der Waals surface area contributed by atoms with Crippen molar-refractivity contribution < 1.29 is 9.47 Å². The summed E-state index contributed by atoms with van der Waals surface area (Å²) in [6.07, 6.45) is 2.04. The van der Waals surface area contributed by atoms with Crippen molar-refractivity contribution >= 4 is 5.69 Å². The molecule has 0 radical (unpaired) electrons. The summed E-state index contributed by atoms with van der Waals surface area (Å²) in [6, 6.07) is 6.15. The third-order valence-electron chi connectivity index (χ3n) is 3.53. The Hall–Kier alpha value is -1.42. The van der Waals surface area contributed by atoms with E-state index in [-0.39, 0.29) is 0 Å². The van der Waals surface area contributed by atoms with Gasteiger partial charge in [-0.2, -0.15) is 0 Å². The van der Waals surface area contributed by atoms with Gasteiger partial charge in [0.2, 0.25) is 0 Å². The van der Waals surface area contributed by atoms with Crippen LogP contribution < -0.4 is 20.1 Å². The number of hydrogen-bond acceptors (Lipinski definition) is 4. The van der Waals surface area contributed by atoms with Crippen molar-refractivity contribution in [2.24, 2.45) is 11.7 Å². The quantitative estimate of drug-likeness (QED) is 0.886. The lowest BCUT2D eigenvalue weighted by atomic mass is 10.1. The van der Waals surface area contributed by atoms with Crippen LogP contribution in [0.15, 0.2) is 18.2 Å². The summed E-state index contributed by atoms with van der Waals surface area (Å²) >= 11 is 0. The molecular formula is C15H24N2O2. The molecule has 19 heavy (non-hydrogen) atoms. The molecule has 2 N–H and O–H groups in total. The molecule has 1 aromatic rings. The van der Waals surface area contributed by atoms with Crippen molar-refractivity contribution in [3.63, 3.8) is 0 Å². The van der Waals surface area contributed by atoms with Crippen LogP contribution in [-0.2, 0) is 0 Å². The lowest BCUT2D eigenvalue weighted by Gasteiger charge is -2.22. The van der Waals surface area contributed by atoms with Gasteiger partial charge in [0.1, 0.15) is 0 Å². The van der Waals surface area contributed by atoms with Crippen LogP contribution in [0.5, 0.6) is 11.5 Å². The van der Waals surface area contributed by atoms with Crippen LogP contribution in [-0.4, -0.2) is 33.4 Å². The molecule has 2 rings (SSSR count). The van der Waals surface area contributed by atoms with Gasteiger partial charge in [-0.3, -0.25) is 0 Å². The molecule has 0 spiro atoms. The second-order valence-corrected chi connectivity index (χ2v) is 5.23. The van der Waals surface area contributed by atoms with Crippen LogP contribution in [0.1, 0.15) is 19.8 Å². The summed E-state index contributed by atoms with van der Waals surface area (Å²) in [4.78, 5) is 2.24. The molecule has 0 fully saturated rings. The number of nitrogens with zero attached hydrogens (tertiary/aromatic N) is 1. The molecule has 1 aliphatic rings. The summed E-state index contributed by atoms with van der Waals surface area (Å²) in [7, 11) is 2.10. The van der Waals surface area contributed by atoms with Gasteiger partial charge in [0.25, 0.3) is 0 Å². The molecule has 0 bridgehead atoms. The molecule has 0 saturated heterocycles. The summed E-state index contributed by atoms with van der Waals surface area (Å²) in [5, 5.41) is 0. The van der Waals surface area contributed by atoms with Crippen LogP contribution in [0.4, 0.5) is 5.69 Å². The number of hydrogen-bond donors (Lipinski definition) is 1. The fourth-order valence-corrected chi connectivity index (χ4v) is 2.05. The Labute approximate surface area is 115 Å². The molecule has 4 nitrogen and oxygen atoms in total. The molecule has 1 unspecified atom stereocenters. The van der Waals surface area contributed by atoms with E-state index < -0.39 is 0 Å². The minimum atomic E-state index is 0.558. The van der Waals surface area contributed by atoms with Crippen molar-refractivity contribution in [1.29, 1.82) is 0 Å². The molecule has 0 saturated carbocycles. The largest absolute Gasteiger partial charge is 0.490 e. The molecule has 4 heteroatoms. The van der Waals surface area contributed by atoms with Crippen molar-refractivity contribution in [1.82, 2.24) is 0 Å². The van der Waals surface area contributed by atoms with E-state index in [1.165, 1.54) is 0 Å². The molecule has 1 aromatic carbocycles. The fourth-order valence-electron chi connectivity index (χ4n) is 2.05. The number of nitrogens with two attached hydrogens (primary N) is 1. The van der Waals surface area contributed by atoms with Crippen LogP contribution in [0.3, 0.4) is 0 Å². The summed E-state index contributed by atoms with van der Waals surface area (Å²) in [5.41, 5.74) is 6.81. The van der Waals surface area contributed by atoms with E-state index in [9.17, 15) is 0 Å². The maximum Gasteiger partial charge on any atom is 0.163 e. The smallest absolute Gasteiger partial charge is 0.163 e. The number of anilines is 1. The second-order valence-electron chi connectivity index (χ2n) is 5.23. The zero-order chi connectivity index (χ0) is 13.7. The molecular weight excluding hydrogens is 240 g/mol. The Morgan fingerprint density at radius 3 is 2.74 bits per heavy atom. The predicted molar refractivity (Wildman–Crippen MR) is 78.2 cm³/mol. The van der Waals surface area contributed by atoms with Crippen molar-refractivity contribution in [2.45, 2.75) is 19.8 Å². The first-order chi connectivity index (χ1) is 9.20. The maximum absolute atomic E-state index is 5.71. The molecule has 0 amide bonds. The SMILES string of the molecule is CC(CN)CCN(C)c1ccc2c(c1)OCCCO2. The fraction of sp³-hybridized carbons (Fsp3) is 0.600. The first kappa shape index (κ1) is 14.0. The van der Waals surface area contributed by atoms with Gasteiger partial charge in [0.15, 0.2) is 11.5 Å². The van der Waals surface area contributed by atoms with E-state index >= 15 is 0 Å². The third-order valence-corrected chi connectivity index (χ3v) is 3.53. The third kappa shape index (κ3) is 3.77. The highest BCUT2D eigenvalue weighted by molar-refractivity contribution is 5.56. The van der Waals surface area contributed by atoms with Crippen molar-refractivity contribution in [2.75, 3.05) is 38.3 Å². The summed E-state index contributed by atoms with van der Waals surface area (Å²) < 4.78 is 11.4. The molecule has 1 heterocycles. The van der Waals surface area contributed by atoms with Gasteiger partial charge in [-0.1, -0.05) is 6.92 Å². The molecule has 106 valence electrons. The highest BCUT2D eigenvalue weighted by Gasteiger charge is 2.12. The predicted octanol–water partition coefficient (Wildman–Crippen LogP) is 2.27. The first-order valence-corrected chi connectivity index (χ1v) is 7.01. The van der Waals surface area contributed by atoms with Gasteiger partial charge in [0.05, 0.1) is 13.2 Å². The van der Waals surface area contributed by atoms with Gasteiger partial charge in [-0.15, -0.1) is 0 Å². The molecule has 0 aromatic heterocycles. The Kier molecular flexibility index (Phi) is 4.91. The van der Waals surface area contributed by atoms with Gasteiger partial charge < -0.3 is 20.1 Å². The summed E-state index contributed by atoms with van der Waals surface area (Å²) in [6.45, 7) is 5.38. The molecule has 1 atom stereocenters. The highest BCUT2D eigenvalue weighted by atomic mass is 16.5. The minimum absolute atomic E-state index is 0.558. The van der Waals surface area contributed by atoms with E-state index in [1.807, 2.05) is 6.07 Å². The Bertz CT molecular complexity index is 409. The Morgan fingerprint density at radius 2 is 2.00 bits per heavy atom. The lowest BCUT2D eigenvalue weighted by Crippen LogP contribution is -2.22. The van der Waals surface area contributed by atoms with Gasteiger partial charge in [0, 0.05) is 31.8 Å². The maximum atomic E-state index is 5.71. The number of benzene rings is 1. The van der Waals surface area contributed by atoms with Crippen molar-refractivity contribution in [3.05, 3.63) is 18.2 Å². The normalized spacial score (nSPS) is 15.7. The lowest BCUT2D eigenvalue weighted by molar-refractivity contribution is 0.297. The van der Waals surface area contributed by atoms with Crippen LogP contribution in [0.25, 0.3) is 0 Å². The average Bonchev–Trinajstić information content (AvgIpc) is 2.68. The van der Waals surface area contributed by atoms with E-state index in [4.69, 9.17) is 15.2 Å². The minimum Gasteiger partial charge on any atom is -0.490 e. The van der Waals surface area contributed by atoms with E-state index in [1.54, 1.807) is 0 Å². The average molecular weight is 264 g/mol. The van der Waals surface area contributed by atoms with Crippen LogP contribution >= 0.6 is 0 Å². The molecule has 0 aliphatic carbocycles. The van der Waals surface area contributed by atoms with Gasteiger partial charge in [-0.25, -0.2) is 0 Å². The van der Waals surface area contributed by atoms with E-state index in [2.05, 4.69) is 31.0 Å². The standard InChI is InChI=1S/C15H24N2O2/c1-12(11-16)6-7-17(2)13-4-5-14-15(10-13)19-9-3-8-18-14/h4-5,10,12H,3,6-9,11,16H2,1-2H3. The zero-order valence-electron chi connectivity index (χ0n) is 11.9. The zero-order valence-corrected chi connectivity index (χ0v) is 11.9. The van der Waals surface area contributed by atoms with E-state index in [0.29, 0.717) is 5.92 Å².